The molecule has 20 heavy (non-hydrogen) atoms. The molecule has 1 heterocycles. The summed E-state index contributed by atoms with van der Waals surface area (Å²) in [5.74, 6) is 0. The molecule has 0 amide bonds. The van der Waals surface area contributed by atoms with Gasteiger partial charge >= 0.3 is 0 Å². The van der Waals surface area contributed by atoms with Crippen molar-refractivity contribution in [3.05, 3.63) is 34.7 Å². The topological polar surface area (TPSA) is 48.1 Å². The van der Waals surface area contributed by atoms with Crippen LogP contribution in [0.5, 0.6) is 0 Å². The van der Waals surface area contributed by atoms with Gasteiger partial charge in [0.05, 0.1) is 5.69 Å². The molecule has 0 fully saturated rings. The van der Waals surface area contributed by atoms with Crippen LogP contribution in [0.4, 0.5) is 5.69 Å². The third-order valence-corrected chi connectivity index (χ3v) is 4.72. The molecule has 0 bridgehead atoms. The lowest BCUT2D eigenvalue weighted by molar-refractivity contribution is -0.0505. The van der Waals surface area contributed by atoms with Crippen LogP contribution < -0.4 is 5.73 Å². The van der Waals surface area contributed by atoms with Gasteiger partial charge < -0.3 is 10.5 Å². The number of hydrogen-bond donors (Lipinski definition) is 1. The van der Waals surface area contributed by atoms with Crippen LogP contribution in [0.25, 0.3) is 11.3 Å². The number of ether oxygens (including phenoxy) is 1. The fourth-order valence-electron chi connectivity index (χ4n) is 2.43. The average Bonchev–Trinajstić information content (AvgIpc) is 2.95. The van der Waals surface area contributed by atoms with Crippen molar-refractivity contribution in [2.45, 2.75) is 39.2 Å². The number of rotatable bonds is 6. The maximum absolute atomic E-state index is 6.03. The maximum atomic E-state index is 6.03. The van der Waals surface area contributed by atoms with Crippen molar-refractivity contribution < 1.29 is 4.74 Å². The summed E-state index contributed by atoms with van der Waals surface area (Å²) >= 11 is 1.66. The van der Waals surface area contributed by atoms with Gasteiger partial charge in [0.2, 0.25) is 0 Å². The van der Waals surface area contributed by atoms with E-state index in [0.29, 0.717) is 6.61 Å². The van der Waals surface area contributed by atoms with Crippen molar-refractivity contribution >= 4 is 17.0 Å². The summed E-state index contributed by atoms with van der Waals surface area (Å²) in [6.07, 6.45) is 1.85. The van der Waals surface area contributed by atoms with E-state index >= 15 is 0 Å². The molecule has 0 radical (unpaired) electrons. The fourth-order valence-corrected chi connectivity index (χ4v) is 3.55. The van der Waals surface area contributed by atoms with Crippen molar-refractivity contribution in [2.75, 3.05) is 12.3 Å². The molecule has 1 aromatic carbocycles. The molecule has 0 unspecified atom stereocenters. The molecule has 4 heteroatoms. The van der Waals surface area contributed by atoms with Gasteiger partial charge in [0.25, 0.3) is 0 Å². The molecular weight excluding hydrogens is 268 g/mol. The minimum absolute atomic E-state index is 0.263. The zero-order valence-electron chi connectivity index (χ0n) is 12.3. The van der Waals surface area contributed by atoms with Crippen molar-refractivity contribution in [2.24, 2.45) is 0 Å². The highest BCUT2D eigenvalue weighted by molar-refractivity contribution is 7.10. The molecule has 0 aliphatic rings. The number of nitrogens with zero attached hydrogens (tertiary/aromatic N) is 1. The van der Waals surface area contributed by atoms with Crippen LogP contribution in [0.1, 0.15) is 38.6 Å². The van der Waals surface area contributed by atoms with E-state index in [9.17, 15) is 0 Å². The van der Waals surface area contributed by atoms with Gasteiger partial charge in [-0.2, -0.15) is 0 Å². The predicted octanol–water partition coefficient (Wildman–Crippen LogP) is 4.44. The Hall–Kier alpha value is -1.39. The molecule has 0 aliphatic carbocycles. The number of thiazole rings is 1. The lowest BCUT2D eigenvalue weighted by Crippen LogP contribution is -2.28. The summed E-state index contributed by atoms with van der Waals surface area (Å²) in [4.78, 5) is 4.79. The number of aromatic nitrogens is 1. The first kappa shape index (κ1) is 15.0. The molecule has 3 nitrogen and oxygen atoms in total. The fraction of sp³-hybridized carbons (Fsp3) is 0.438. The Morgan fingerprint density at radius 3 is 2.50 bits per heavy atom. The zero-order chi connectivity index (χ0) is 14.6. The largest absolute Gasteiger partial charge is 0.398 e. The third-order valence-electron chi connectivity index (χ3n) is 3.69. The van der Waals surface area contributed by atoms with Gasteiger partial charge in [-0.15, -0.1) is 11.3 Å². The minimum Gasteiger partial charge on any atom is -0.398 e. The molecule has 2 aromatic rings. The van der Waals surface area contributed by atoms with Crippen LogP contribution in [-0.2, 0) is 10.3 Å². The number of nitrogens with two attached hydrogens (primary N) is 1. The van der Waals surface area contributed by atoms with E-state index in [0.717, 1.165) is 34.8 Å². The monoisotopic (exact) mass is 290 g/mol. The number of anilines is 1. The van der Waals surface area contributed by atoms with Gasteiger partial charge in [-0.3, -0.25) is 0 Å². The van der Waals surface area contributed by atoms with Gasteiger partial charge in [0.15, 0.2) is 0 Å². The van der Waals surface area contributed by atoms with Gasteiger partial charge in [-0.25, -0.2) is 4.98 Å². The first-order valence-electron chi connectivity index (χ1n) is 7.11. The van der Waals surface area contributed by atoms with Crippen LogP contribution in [-0.4, -0.2) is 11.6 Å². The molecule has 2 N–H and O–H groups in total. The molecule has 0 aliphatic heterocycles. The molecular formula is C16H22N2OS. The summed E-state index contributed by atoms with van der Waals surface area (Å²) < 4.78 is 6.01. The summed E-state index contributed by atoms with van der Waals surface area (Å²) in [7, 11) is 0. The standard InChI is InChI=1S/C16H22N2OS/c1-4-16(5-2,19-6-3)15-18-14(11-20-15)12-9-7-8-10-13(12)17/h7-11H,4-6,17H2,1-3H3. The highest BCUT2D eigenvalue weighted by atomic mass is 32.1. The minimum atomic E-state index is -0.263. The van der Waals surface area contributed by atoms with E-state index < -0.39 is 0 Å². The second-order valence-electron chi connectivity index (χ2n) is 4.76. The van der Waals surface area contributed by atoms with Gasteiger partial charge in [-0.1, -0.05) is 32.0 Å². The zero-order valence-corrected chi connectivity index (χ0v) is 13.2. The normalized spacial score (nSPS) is 11.8. The summed E-state index contributed by atoms with van der Waals surface area (Å²) in [5.41, 5.74) is 8.46. The van der Waals surface area contributed by atoms with Crippen molar-refractivity contribution in [3.63, 3.8) is 0 Å². The molecule has 1 aromatic heterocycles. The van der Waals surface area contributed by atoms with E-state index in [1.807, 2.05) is 31.2 Å². The highest BCUT2D eigenvalue weighted by Gasteiger charge is 2.32. The Morgan fingerprint density at radius 1 is 1.20 bits per heavy atom. The highest BCUT2D eigenvalue weighted by Crippen LogP contribution is 2.37. The quantitative estimate of drug-likeness (QED) is 0.800. The van der Waals surface area contributed by atoms with E-state index in [4.69, 9.17) is 15.5 Å². The molecule has 0 atom stereocenters. The average molecular weight is 290 g/mol. The lowest BCUT2D eigenvalue weighted by Gasteiger charge is -2.29. The number of benzene rings is 1. The Balaban J connectivity index is 2.39. The van der Waals surface area contributed by atoms with Gasteiger partial charge in [0.1, 0.15) is 10.6 Å². The smallest absolute Gasteiger partial charge is 0.125 e. The number of hydrogen-bond acceptors (Lipinski definition) is 4. The van der Waals surface area contributed by atoms with Gasteiger partial charge in [-0.05, 0) is 25.8 Å². The van der Waals surface area contributed by atoms with E-state index in [2.05, 4.69) is 19.2 Å². The van der Waals surface area contributed by atoms with Crippen molar-refractivity contribution in [1.82, 2.24) is 4.98 Å². The molecule has 2 rings (SSSR count). The maximum Gasteiger partial charge on any atom is 0.125 e. The molecule has 0 saturated carbocycles. The summed E-state index contributed by atoms with van der Waals surface area (Å²) in [6, 6.07) is 7.84. The second-order valence-corrected chi connectivity index (χ2v) is 5.62. The lowest BCUT2D eigenvalue weighted by atomic mass is 9.98. The van der Waals surface area contributed by atoms with E-state index in [1.54, 1.807) is 11.3 Å². The van der Waals surface area contributed by atoms with Gasteiger partial charge in [0, 0.05) is 23.2 Å². The molecule has 108 valence electrons. The number of para-hydroxylation sites is 1. The summed E-state index contributed by atoms with van der Waals surface area (Å²) in [5, 5.41) is 3.11. The second kappa shape index (κ2) is 6.37. The summed E-state index contributed by atoms with van der Waals surface area (Å²) in [6.45, 7) is 7.03. The van der Waals surface area contributed by atoms with Crippen LogP contribution in [0, 0.1) is 0 Å². The van der Waals surface area contributed by atoms with Crippen molar-refractivity contribution in [3.8, 4) is 11.3 Å². The van der Waals surface area contributed by atoms with Crippen LogP contribution in [0.3, 0.4) is 0 Å². The van der Waals surface area contributed by atoms with Crippen LogP contribution >= 0.6 is 11.3 Å². The Labute approximate surface area is 124 Å². The Kier molecular flexibility index (Phi) is 4.78. The Morgan fingerprint density at radius 2 is 1.90 bits per heavy atom. The third kappa shape index (κ3) is 2.72. The number of nitrogen functional groups attached to an aromatic ring is 1. The van der Waals surface area contributed by atoms with E-state index in [-0.39, 0.29) is 5.60 Å². The Bertz CT molecular complexity index is 561. The SMILES string of the molecule is CCOC(CC)(CC)c1nc(-c2ccccc2N)cs1. The first-order valence-corrected chi connectivity index (χ1v) is 7.99. The van der Waals surface area contributed by atoms with Crippen molar-refractivity contribution in [1.29, 1.82) is 0 Å². The van der Waals surface area contributed by atoms with Crippen LogP contribution in [0.2, 0.25) is 0 Å². The molecule has 0 spiro atoms. The molecule has 0 saturated heterocycles. The van der Waals surface area contributed by atoms with Crippen LogP contribution in [0.15, 0.2) is 29.6 Å². The first-order chi connectivity index (χ1) is 9.66. The predicted molar refractivity (Wildman–Crippen MR) is 85.8 cm³/mol. The van der Waals surface area contributed by atoms with E-state index in [1.165, 1.54) is 0 Å².